The van der Waals surface area contributed by atoms with Gasteiger partial charge >= 0.3 is 13.6 Å². The molecule has 7 heteroatoms. The van der Waals surface area contributed by atoms with Crippen molar-refractivity contribution >= 4 is 19.3 Å². The van der Waals surface area contributed by atoms with Gasteiger partial charge in [0.2, 0.25) is 0 Å². The molecule has 0 radical (unpaired) electrons. The first-order chi connectivity index (χ1) is 11.0. The van der Waals surface area contributed by atoms with Gasteiger partial charge < -0.3 is 19.5 Å². The van der Waals surface area contributed by atoms with Gasteiger partial charge in [-0.05, 0) is 43.0 Å². The summed E-state index contributed by atoms with van der Waals surface area (Å²) in [6.45, 7) is 0. The van der Waals surface area contributed by atoms with Crippen LogP contribution in [-0.2, 0) is 13.6 Å². The number of aromatic carboxylic acids is 1. The second-order valence-corrected chi connectivity index (χ2v) is 8.14. The summed E-state index contributed by atoms with van der Waals surface area (Å²) < 4.78 is 23.4. The highest BCUT2D eigenvalue weighted by atomic mass is 31.2. The number of rotatable bonds is 7. The molecular formula is C16H24NO5P. The minimum atomic E-state index is -3.28. The van der Waals surface area contributed by atoms with Crippen LogP contribution in [0, 0.1) is 5.92 Å². The Labute approximate surface area is 136 Å². The molecule has 23 heavy (non-hydrogen) atoms. The fourth-order valence-corrected chi connectivity index (χ4v) is 4.81. The molecule has 1 saturated carbocycles. The average Bonchev–Trinajstić information content (AvgIpc) is 2.60. The van der Waals surface area contributed by atoms with Gasteiger partial charge in [0.05, 0.1) is 5.56 Å². The normalized spacial score (nSPS) is 17.7. The summed E-state index contributed by atoms with van der Waals surface area (Å²) in [7, 11) is -0.487. The number of carbonyl (C=O) groups is 1. The Morgan fingerprint density at radius 2 is 1.74 bits per heavy atom. The van der Waals surface area contributed by atoms with Crippen molar-refractivity contribution < 1.29 is 23.5 Å². The molecular weight excluding hydrogens is 317 g/mol. The maximum Gasteiger partial charge on any atom is 0.352 e. The number of carboxylic acids is 1. The monoisotopic (exact) mass is 341 g/mol. The number of hydrogen-bond acceptors (Lipinski definition) is 5. The predicted octanol–water partition coefficient (Wildman–Crippen LogP) is 4.19. The zero-order valence-electron chi connectivity index (χ0n) is 13.5. The third-order valence-corrected chi connectivity index (χ3v) is 6.64. The van der Waals surface area contributed by atoms with E-state index in [1.807, 2.05) is 0 Å². The van der Waals surface area contributed by atoms with Gasteiger partial charge in [0.25, 0.3) is 0 Å². The summed E-state index contributed by atoms with van der Waals surface area (Å²) >= 11 is 0. The van der Waals surface area contributed by atoms with Crippen molar-refractivity contribution in [3.05, 3.63) is 29.8 Å². The van der Waals surface area contributed by atoms with Gasteiger partial charge in [0.15, 0.2) is 0 Å². The Morgan fingerprint density at radius 1 is 1.17 bits per heavy atom. The van der Waals surface area contributed by atoms with E-state index < -0.39 is 19.3 Å². The Bertz CT molecular complexity index is 560. The molecule has 0 aromatic heterocycles. The van der Waals surface area contributed by atoms with Gasteiger partial charge in [-0.15, -0.1) is 0 Å². The highest BCUT2D eigenvalue weighted by Crippen LogP contribution is 2.56. The molecule has 1 fully saturated rings. The molecule has 0 aliphatic heterocycles. The standard InChI is InChI=1S/C16H24NO5P/c1-21-23(20,22-2)15(12-6-4-3-5-7-12)17-14-10-8-13(9-11-14)16(18)19/h8-12,15,17H,3-7H2,1-2H3,(H,18,19). The average molecular weight is 341 g/mol. The van der Waals surface area contributed by atoms with Crippen LogP contribution in [0.3, 0.4) is 0 Å². The van der Waals surface area contributed by atoms with Crippen molar-refractivity contribution in [2.24, 2.45) is 5.92 Å². The van der Waals surface area contributed by atoms with Crippen LogP contribution in [0.4, 0.5) is 5.69 Å². The van der Waals surface area contributed by atoms with Crippen LogP contribution in [0.25, 0.3) is 0 Å². The second-order valence-electron chi connectivity index (χ2n) is 5.77. The Balaban J connectivity index is 2.22. The zero-order chi connectivity index (χ0) is 16.9. The molecule has 2 N–H and O–H groups in total. The molecule has 0 spiro atoms. The molecule has 0 heterocycles. The third-order valence-electron chi connectivity index (χ3n) is 4.39. The van der Waals surface area contributed by atoms with Crippen LogP contribution in [-0.4, -0.2) is 31.1 Å². The van der Waals surface area contributed by atoms with E-state index in [-0.39, 0.29) is 11.5 Å². The molecule has 1 unspecified atom stereocenters. The smallest absolute Gasteiger partial charge is 0.352 e. The second kappa shape index (κ2) is 7.95. The summed E-state index contributed by atoms with van der Waals surface area (Å²) in [6.07, 6.45) is 5.35. The van der Waals surface area contributed by atoms with Gasteiger partial charge in [-0.2, -0.15) is 0 Å². The molecule has 1 atom stereocenters. The first kappa shape index (κ1) is 18.0. The van der Waals surface area contributed by atoms with Gasteiger partial charge in [-0.3, -0.25) is 4.57 Å². The van der Waals surface area contributed by atoms with Crippen LogP contribution < -0.4 is 5.32 Å². The van der Waals surface area contributed by atoms with E-state index in [1.165, 1.54) is 32.8 Å². The lowest BCUT2D eigenvalue weighted by Crippen LogP contribution is -2.31. The first-order valence-corrected chi connectivity index (χ1v) is 9.42. The Hall–Kier alpha value is -1.36. The van der Waals surface area contributed by atoms with Gasteiger partial charge in [0, 0.05) is 19.9 Å². The van der Waals surface area contributed by atoms with Gasteiger partial charge in [0.1, 0.15) is 5.78 Å². The highest BCUT2D eigenvalue weighted by Gasteiger charge is 2.40. The summed E-state index contributed by atoms with van der Waals surface area (Å²) in [5.41, 5.74) is 0.923. The fraction of sp³-hybridized carbons (Fsp3) is 0.562. The minimum Gasteiger partial charge on any atom is -0.478 e. The fourth-order valence-electron chi connectivity index (χ4n) is 3.09. The van der Waals surface area contributed by atoms with Crippen molar-refractivity contribution in [1.29, 1.82) is 0 Å². The topological polar surface area (TPSA) is 84.9 Å². The lowest BCUT2D eigenvalue weighted by Gasteiger charge is -2.34. The molecule has 1 aliphatic carbocycles. The maximum atomic E-state index is 12.9. The van der Waals surface area contributed by atoms with Crippen LogP contribution in [0.2, 0.25) is 0 Å². The molecule has 6 nitrogen and oxygen atoms in total. The van der Waals surface area contributed by atoms with E-state index in [2.05, 4.69) is 5.32 Å². The summed E-state index contributed by atoms with van der Waals surface area (Å²) in [4.78, 5) is 10.9. The predicted molar refractivity (Wildman–Crippen MR) is 89.0 cm³/mol. The number of hydrogen-bond donors (Lipinski definition) is 2. The summed E-state index contributed by atoms with van der Waals surface area (Å²) in [5.74, 6) is -1.21. The summed E-state index contributed by atoms with van der Waals surface area (Å²) in [6, 6.07) is 6.39. The molecule has 0 saturated heterocycles. The lowest BCUT2D eigenvalue weighted by atomic mass is 9.89. The lowest BCUT2D eigenvalue weighted by molar-refractivity contribution is 0.0697. The van der Waals surface area contributed by atoms with Crippen molar-refractivity contribution in [1.82, 2.24) is 0 Å². The molecule has 1 aromatic rings. The van der Waals surface area contributed by atoms with Crippen molar-refractivity contribution in [3.63, 3.8) is 0 Å². The number of benzene rings is 1. The van der Waals surface area contributed by atoms with E-state index in [4.69, 9.17) is 14.2 Å². The molecule has 128 valence electrons. The van der Waals surface area contributed by atoms with E-state index in [1.54, 1.807) is 12.1 Å². The van der Waals surface area contributed by atoms with Crippen molar-refractivity contribution in [2.45, 2.75) is 37.9 Å². The van der Waals surface area contributed by atoms with Gasteiger partial charge in [-0.25, -0.2) is 4.79 Å². The minimum absolute atomic E-state index is 0.202. The van der Waals surface area contributed by atoms with Crippen molar-refractivity contribution in [3.8, 4) is 0 Å². The number of carboxylic acid groups (broad SMARTS) is 1. The molecule has 1 aliphatic rings. The first-order valence-electron chi connectivity index (χ1n) is 7.81. The Kier molecular flexibility index (Phi) is 6.22. The van der Waals surface area contributed by atoms with Crippen molar-refractivity contribution in [2.75, 3.05) is 19.5 Å². The quantitative estimate of drug-likeness (QED) is 0.724. The molecule has 2 rings (SSSR count). The van der Waals surface area contributed by atoms with E-state index in [0.717, 1.165) is 25.7 Å². The van der Waals surface area contributed by atoms with E-state index >= 15 is 0 Å². The van der Waals surface area contributed by atoms with Crippen LogP contribution in [0.15, 0.2) is 24.3 Å². The molecule has 0 amide bonds. The maximum absolute atomic E-state index is 12.9. The third kappa shape index (κ3) is 4.34. The van der Waals surface area contributed by atoms with E-state index in [0.29, 0.717) is 5.69 Å². The van der Waals surface area contributed by atoms with E-state index in [9.17, 15) is 9.36 Å². The Morgan fingerprint density at radius 3 is 2.22 bits per heavy atom. The number of anilines is 1. The highest BCUT2D eigenvalue weighted by molar-refractivity contribution is 7.54. The summed E-state index contributed by atoms with van der Waals surface area (Å²) in [5, 5.41) is 12.2. The molecule has 1 aromatic carbocycles. The van der Waals surface area contributed by atoms with Crippen LogP contribution in [0.1, 0.15) is 42.5 Å². The van der Waals surface area contributed by atoms with Gasteiger partial charge in [-0.1, -0.05) is 19.3 Å². The van der Waals surface area contributed by atoms with Crippen LogP contribution in [0.5, 0.6) is 0 Å². The SMILES string of the molecule is COP(=O)(OC)C(Nc1ccc(C(=O)O)cc1)C1CCCCC1. The van der Waals surface area contributed by atoms with Crippen LogP contribution >= 0.6 is 7.60 Å². The zero-order valence-corrected chi connectivity index (χ0v) is 14.4. The molecule has 0 bridgehead atoms. The largest absolute Gasteiger partial charge is 0.478 e. The number of nitrogens with one attached hydrogen (secondary N) is 1.